The molecule has 4 fully saturated rings. The number of rotatable bonds is 8. The van der Waals surface area contributed by atoms with Gasteiger partial charge in [-0.15, -0.1) is 0 Å². The van der Waals surface area contributed by atoms with E-state index in [-0.39, 0.29) is 53.2 Å². The van der Waals surface area contributed by atoms with Crippen LogP contribution in [-0.4, -0.2) is 73.6 Å². The Bertz CT molecular complexity index is 1580. The van der Waals surface area contributed by atoms with Crippen molar-refractivity contribution in [1.29, 1.82) is 0 Å². The van der Waals surface area contributed by atoms with Gasteiger partial charge in [0.1, 0.15) is 35.2 Å². The molecular weight excluding hydrogens is 544 g/mol. The van der Waals surface area contributed by atoms with Crippen LogP contribution in [0.1, 0.15) is 56.4 Å². The van der Waals surface area contributed by atoms with Crippen molar-refractivity contribution in [2.75, 3.05) is 31.6 Å². The van der Waals surface area contributed by atoms with Crippen molar-refractivity contribution in [3.8, 4) is 23.0 Å². The molecule has 7 rings (SSSR count). The first kappa shape index (κ1) is 25.9. The van der Waals surface area contributed by atoms with Crippen LogP contribution >= 0.6 is 11.6 Å². The lowest BCUT2D eigenvalue weighted by Crippen LogP contribution is -2.43. The summed E-state index contributed by atoms with van der Waals surface area (Å²) in [5.74, 6) is -0.829. The maximum atomic E-state index is 16.3. The number of H-pyrrole nitrogens is 1. The molecule has 2 aliphatic heterocycles. The number of hydrogen-bond donors (Lipinski definition) is 4. The molecule has 2 atom stereocenters. The number of benzene rings is 1. The molecule has 0 radical (unpaired) electrons. The Labute approximate surface area is 233 Å². The first-order valence-corrected chi connectivity index (χ1v) is 14.2. The van der Waals surface area contributed by atoms with Gasteiger partial charge < -0.3 is 25.3 Å². The van der Waals surface area contributed by atoms with E-state index in [4.69, 9.17) is 16.3 Å². The van der Waals surface area contributed by atoms with Gasteiger partial charge in [0, 0.05) is 30.1 Å². The summed E-state index contributed by atoms with van der Waals surface area (Å²) in [5, 5.41) is 23.8. The largest absolute Gasteiger partial charge is 0.508 e. The minimum absolute atomic E-state index is 0.0407. The fourth-order valence-corrected chi connectivity index (χ4v) is 6.72. The normalized spacial score (nSPS) is 25.4. The van der Waals surface area contributed by atoms with Crippen LogP contribution in [0, 0.1) is 5.82 Å². The molecule has 3 aromatic rings. The Balaban J connectivity index is 1.33. The molecule has 2 saturated carbocycles. The first-order valence-electron chi connectivity index (χ1n) is 13.8. The van der Waals surface area contributed by atoms with E-state index in [1.165, 1.54) is 12.1 Å². The molecule has 0 amide bonds. The predicted octanol–water partition coefficient (Wildman–Crippen LogP) is 4.25. The molecule has 0 bridgehead atoms. The van der Waals surface area contributed by atoms with Crippen LogP contribution in [0.15, 0.2) is 16.9 Å². The highest BCUT2D eigenvalue weighted by Gasteiger charge is 2.49. The highest BCUT2D eigenvalue weighted by atomic mass is 35.5. The van der Waals surface area contributed by atoms with E-state index in [9.17, 15) is 19.4 Å². The average molecular weight is 574 g/mol. The zero-order valence-electron chi connectivity index (χ0n) is 21.8. The number of fused-ring (bicyclic) bond motifs is 2. The van der Waals surface area contributed by atoms with Gasteiger partial charge in [-0.1, -0.05) is 11.6 Å². The van der Waals surface area contributed by atoms with Gasteiger partial charge in [-0.3, -0.25) is 9.69 Å². The van der Waals surface area contributed by atoms with E-state index >= 15 is 4.39 Å². The molecule has 1 aromatic carbocycles. The number of anilines is 1. The van der Waals surface area contributed by atoms with E-state index in [0.29, 0.717) is 42.0 Å². The zero-order valence-corrected chi connectivity index (χ0v) is 22.5. The lowest BCUT2D eigenvalue weighted by Gasteiger charge is -2.30. The standard InChI is InChI=1S/C28H30ClF2N5O4/c29-18-9-16(37)8-17(19(18)14-2-3-14)22-21(31)23-20(25(38)33-22)24(32-12-28(39)5-6-28)35-26(34-23)40-13-27-4-1-7-36(27)11-15(30)10-27/h8-9,14-15,37,39H,1-7,10-13H2,(H,33,38)(H,32,34,35)/t15-,27+/m1/s1. The molecule has 2 aliphatic carbocycles. The predicted molar refractivity (Wildman–Crippen MR) is 145 cm³/mol. The summed E-state index contributed by atoms with van der Waals surface area (Å²) in [6.07, 6.45) is 4.06. The second-order valence-corrected chi connectivity index (χ2v) is 12.2. The van der Waals surface area contributed by atoms with E-state index in [1.807, 2.05) is 0 Å². The zero-order chi connectivity index (χ0) is 27.8. The van der Waals surface area contributed by atoms with Gasteiger partial charge in [0.2, 0.25) is 0 Å². The van der Waals surface area contributed by atoms with Gasteiger partial charge in [0.15, 0.2) is 5.82 Å². The van der Waals surface area contributed by atoms with Crippen LogP contribution in [0.25, 0.3) is 22.2 Å². The van der Waals surface area contributed by atoms with Crippen molar-refractivity contribution in [1.82, 2.24) is 19.9 Å². The topological polar surface area (TPSA) is 124 Å². The number of phenolic OH excluding ortho intramolecular Hbond substituents is 1. The van der Waals surface area contributed by atoms with Gasteiger partial charge >= 0.3 is 6.01 Å². The molecule has 4 heterocycles. The summed E-state index contributed by atoms with van der Waals surface area (Å²) in [5.41, 5.74) is -1.45. The molecular formula is C28H30ClF2N5O4. The number of aromatic hydroxyl groups is 1. The smallest absolute Gasteiger partial charge is 0.319 e. The number of aromatic nitrogens is 3. The van der Waals surface area contributed by atoms with Crippen molar-refractivity contribution in [2.24, 2.45) is 0 Å². The van der Waals surface area contributed by atoms with Crippen molar-refractivity contribution >= 4 is 28.3 Å². The highest BCUT2D eigenvalue weighted by molar-refractivity contribution is 6.32. The second kappa shape index (κ2) is 9.25. The van der Waals surface area contributed by atoms with E-state index in [2.05, 4.69) is 25.2 Å². The second-order valence-electron chi connectivity index (χ2n) is 11.8. The van der Waals surface area contributed by atoms with Crippen LogP contribution in [0.2, 0.25) is 5.02 Å². The molecule has 4 aliphatic rings. The number of alkyl halides is 1. The third-order valence-corrected chi connectivity index (χ3v) is 9.11. The fraction of sp³-hybridized carbons (Fsp3) is 0.536. The minimum atomic E-state index is -0.939. The van der Waals surface area contributed by atoms with E-state index in [0.717, 1.165) is 32.2 Å². The Hall–Kier alpha value is -3.02. The van der Waals surface area contributed by atoms with Crippen molar-refractivity contribution in [3.63, 3.8) is 0 Å². The van der Waals surface area contributed by atoms with Crippen molar-refractivity contribution in [2.45, 2.75) is 68.2 Å². The molecule has 2 saturated heterocycles. The monoisotopic (exact) mass is 573 g/mol. The number of nitrogens with zero attached hydrogens (tertiary/aromatic N) is 3. The van der Waals surface area contributed by atoms with Crippen LogP contribution in [0.4, 0.5) is 14.6 Å². The van der Waals surface area contributed by atoms with Crippen LogP contribution in [0.5, 0.6) is 11.8 Å². The third kappa shape index (κ3) is 4.48. The summed E-state index contributed by atoms with van der Waals surface area (Å²) in [6.45, 7) is 1.40. The molecule has 0 spiro atoms. The number of aliphatic hydroxyl groups is 1. The third-order valence-electron chi connectivity index (χ3n) is 8.79. The SMILES string of the molecule is O=c1[nH]c(-c2cc(O)cc(Cl)c2C2CC2)c(F)c2nc(OC[C@@]34CCCN3C[C@H](F)C4)nc(NCC3(O)CC3)c12. The first-order chi connectivity index (χ1) is 19.1. The number of phenols is 1. The summed E-state index contributed by atoms with van der Waals surface area (Å²) in [7, 11) is 0. The molecule has 9 nitrogen and oxygen atoms in total. The number of ether oxygens (including phenoxy) is 1. The lowest BCUT2D eigenvalue weighted by atomic mass is 9.95. The summed E-state index contributed by atoms with van der Waals surface area (Å²) >= 11 is 6.44. The number of nitrogens with one attached hydrogen (secondary N) is 2. The lowest BCUT2D eigenvalue weighted by molar-refractivity contribution is 0.107. The minimum Gasteiger partial charge on any atom is -0.508 e. The number of pyridine rings is 1. The average Bonchev–Trinajstić information content (AvgIpc) is 3.81. The molecule has 2 aromatic heterocycles. The van der Waals surface area contributed by atoms with Gasteiger partial charge in [0.05, 0.1) is 16.8 Å². The molecule has 212 valence electrons. The number of hydrogen-bond acceptors (Lipinski definition) is 8. The highest BCUT2D eigenvalue weighted by Crippen LogP contribution is 2.49. The van der Waals surface area contributed by atoms with E-state index < -0.39 is 28.7 Å². The Morgan fingerprint density at radius 3 is 2.80 bits per heavy atom. The number of halogens is 3. The Kier molecular flexibility index (Phi) is 5.99. The molecule has 4 N–H and O–H groups in total. The Morgan fingerprint density at radius 2 is 2.05 bits per heavy atom. The Morgan fingerprint density at radius 1 is 1.25 bits per heavy atom. The molecule has 40 heavy (non-hydrogen) atoms. The quantitative estimate of drug-likeness (QED) is 0.315. The molecule has 0 unspecified atom stereocenters. The van der Waals surface area contributed by atoms with Crippen molar-refractivity contribution in [3.05, 3.63) is 38.9 Å². The van der Waals surface area contributed by atoms with Gasteiger partial charge in [-0.2, -0.15) is 9.97 Å². The maximum Gasteiger partial charge on any atom is 0.319 e. The summed E-state index contributed by atoms with van der Waals surface area (Å²) in [4.78, 5) is 26.9. The fourth-order valence-electron chi connectivity index (χ4n) is 6.36. The van der Waals surface area contributed by atoms with Gasteiger partial charge in [-0.25, -0.2) is 8.78 Å². The van der Waals surface area contributed by atoms with Crippen LogP contribution in [0.3, 0.4) is 0 Å². The van der Waals surface area contributed by atoms with Gasteiger partial charge in [-0.05, 0) is 68.7 Å². The van der Waals surface area contributed by atoms with Crippen LogP contribution in [-0.2, 0) is 0 Å². The van der Waals surface area contributed by atoms with E-state index in [1.54, 1.807) is 0 Å². The van der Waals surface area contributed by atoms with Crippen molar-refractivity contribution < 1.29 is 23.7 Å². The van der Waals surface area contributed by atoms with Gasteiger partial charge in [0.25, 0.3) is 5.56 Å². The summed E-state index contributed by atoms with van der Waals surface area (Å²) < 4.78 is 36.6. The van der Waals surface area contributed by atoms with Crippen LogP contribution < -0.4 is 15.6 Å². The maximum absolute atomic E-state index is 16.3. The number of aromatic amines is 1. The summed E-state index contributed by atoms with van der Waals surface area (Å²) in [6, 6.07) is 2.65. The molecule has 12 heteroatoms.